The molecule has 1 N–H and O–H groups in total. The lowest BCUT2D eigenvalue weighted by Crippen LogP contribution is -2.42. The molecular formula is C18H30N2O. The second-order valence-corrected chi connectivity index (χ2v) is 6.09. The van der Waals surface area contributed by atoms with Gasteiger partial charge in [0.1, 0.15) is 5.75 Å². The molecule has 0 aromatic heterocycles. The highest BCUT2D eigenvalue weighted by atomic mass is 16.5. The summed E-state index contributed by atoms with van der Waals surface area (Å²) in [5, 5.41) is 3.66. The summed E-state index contributed by atoms with van der Waals surface area (Å²) in [6, 6.07) is 8.84. The highest BCUT2D eigenvalue weighted by Gasteiger charge is 2.24. The number of hydrogen-bond donors (Lipinski definition) is 1. The summed E-state index contributed by atoms with van der Waals surface area (Å²) < 4.78 is 5.49. The Bertz CT molecular complexity index is 402. The molecule has 21 heavy (non-hydrogen) atoms. The Kier molecular flexibility index (Phi) is 6.37. The van der Waals surface area contributed by atoms with Crippen molar-refractivity contribution in [3.8, 4) is 5.75 Å². The van der Waals surface area contributed by atoms with Gasteiger partial charge < -0.3 is 15.0 Å². The first-order valence-electron chi connectivity index (χ1n) is 8.44. The number of benzene rings is 1. The Balaban J connectivity index is 1.86. The Labute approximate surface area is 129 Å². The smallest absolute Gasteiger partial charge is 0.119 e. The molecule has 0 bridgehead atoms. The molecule has 1 heterocycles. The first-order chi connectivity index (χ1) is 10.2. The molecular weight excluding hydrogens is 260 g/mol. The Morgan fingerprint density at radius 1 is 1.29 bits per heavy atom. The molecule has 2 unspecified atom stereocenters. The topological polar surface area (TPSA) is 24.5 Å². The Hall–Kier alpha value is -1.22. The van der Waals surface area contributed by atoms with Gasteiger partial charge in [0.2, 0.25) is 0 Å². The zero-order valence-electron chi connectivity index (χ0n) is 13.8. The average molecular weight is 290 g/mol. The van der Waals surface area contributed by atoms with E-state index in [1.807, 2.05) is 19.1 Å². The van der Waals surface area contributed by atoms with Gasteiger partial charge in [-0.05, 0) is 76.4 Å². The van der Waals surface area contributed by atoms with E-state index in [0.717, 1.165) is 18.3 Å². The molecule has 118 valence electrons. The van der Waals surface area contributed by atoms with Gasteiger partial charge in [-0.3, -0.25) is 0 Å². The van der Waals surface area contributed by atoms with Crippen LogP contribution in [-0.4, -0.2) is 37.2 Å². The molecule has 1 fully saturated rings. The van der Waals surface area contributed by atoms with Crippen LogP contribution >= 0.6 is 0 Å². The standard InChI is InChI=1S/C18H30N2O/c1-4-12-20-13-6-7-16(14-20)15(3)19-17-8-10-18(11-9-17)21-5-2/h8-11,15-16,19H,4-7,12-14H2,1-3H3. The Morgan fingerprint density at radius 3 is 2.71 bits per heavy atom. The molecule has 1 aromatic carbocycles. The van der Waals surface area contributed by atoms with E-state index in [0.29, 0.717) is 6.04 Å². The first-order valence-corrected chi connectivity index (χ1v) is 8.44. The van der Waals surface area contributed by atoms with Crippen LogP contribution in [0.2, 0.25) is 0 Å². The molecule has 3 heteroatoms. The largest absolute Gasteiger partial charge is 0.494 e. The van der Waals surface area contributed by atoms with Crippen molar-refractivity contribution < 1.29 is 4.74 Å². The molecule has 1 aliphatic heterocycles. The van der Waals surface area contributed by atoms with Crippen molar-refractivity contribution in [1.29, 1.82) is 0 Å². The van der Waals surface area contributed by atoms with Crippen LogP contribution in [0.5, 0.6) is 5.75 Å². The summed E-state index contributed by atoms with van der Waals surface area (Å²) in [6.07, 6.45) is 3.93. The number of likely N-dealkylation sites (tertiary alicyclic amines) is 1. The minimum atomic E-state index is 0.516. The second kappa shape index (κ2) is 8.28. The third kappa shape index (κ3) is 4.92. The monoisotopic (exact) mass is 290 g/mol. The molecule has 3 nitrogen and oxygen atoms in total. The summed E-state index contributed by atoms with van der Waals surface area (Å²) in [5.74, 6) is 1.69. The molecule has 1 saturated heterocycles. The van der Waals surface area contributed by atoms with E-state index in [-0.39, 0.29) is 0 Å². The minimum Gasteiger partial charge on any atom is -0.494 e. The highest BCUT2D eigenvalue weighted by molar-refractivity contribution is 5.47. The maximum atomic E-state index is 5.49. The van der Waals surface area contributed by atoms with Gasteiger partial charge in [0.05, 0.1) is 6.61 Å². The number of anilines is 1. The molecule has 0 amide bonds. The van der Waals surface area contributed by atoms with Crippen LogP contribution in [0.1, 0.15) is 40.0 Å². The summed E-state index contributed by atoms with van der Waals surface area (Å²) in [6.45, 7) is 11.1. The number of ether oxygens (including phenoxy) is 1. The van der Waals surface area contributed by atoms with E-state index in [2.05, 4.69) is 36.2 Å². The summed E-state index contributed by atoms with van der Waals surface area (Å²) in [7, 11) is 0. The van der Waals surface area contributed by atoms with Crippen LogP contribution in [0.25, 0.3) is 0 Å². The predicted molar refractivity (Wildman–Crippen MR) is 90.2 cm³/mol. The van der Waals surface area contributed by atoms with Crippen LogP contribution in [-0.2, 0) is 0 Å². The maximum absolute atomic E-state index is 5.49. The fourth-order valence-electron chi connectivity index (χ4n) is 3.21. The molecule has 1 aliphatic rings. The molecule has 0 spiro atoms. The highest BCUT2D eigenvalue weighted by Crippen LogP contribution is 2.23. The van der Waals surface area contributed by atoms with Gasteiger partial charge >= 0.3 is 0 Å². The second-order valence-electron chi connectivity index (χ2n) is 6.09. The van der Waals surface area contributed by atoms with E-state index in [9.17, 15) is 0 Å². The van der Waals surface area contributed by atoms with E-state index >= 15 is 0 Å². The lowest BCUT2D eigenvalue weighted by molar-refractivity contribution is 0.165. The average Bonchev–Trinajstić information content (AvgIpc) is 2.50. The number of piperidine rings is 1. The van der Waals surface area contributed by atoms with Gasteiger partial charge in [0, 0.05) is 18.3 Å². The minimum absolute atomic E-state index is 0.516. The van der Waals surface area contributed by atoms with Crippen molar-refractivity contribution >= 4 is 5.69 Å². The van der Waals surface area contributed by atoms with Crippen molar-refractivity contribution in [3.63, 3.8) is 0 Å². The van der Waals surface area contributed by atoms with Crippen LogP contribution in [0, 0.1) is 5.92 Å². The maximum Gasteiger partial charge on any atom is 0.119 e. The molecule has 2 rings (SSSR count). The Morgan fingerprint density at radius 2 is 2.05 bits per heavy atom. The zero-order chi connectivity index (χ0) is 15.1. The fourth-order valence-corrected chi connectivity index (χ4v) is 3.21. The lowest BCUT2D eigenvalue weighted by Gasteiger charge is -2.36. The predicted octanol–water partition coefficient (Wildman–Crippen LogP) is 4.01. The SMILES string of the molecule is CCCN1CCCC(C(C)Nc2ccc(OCC)cc2)C1. The van der Waals surface area contributed by atoms with Gasteiger partial charge in [-0.2, -0.15) is 0 Å². The molecule has 1 aromatic rings. The van der Waals surface area contributed by atoms with E-state index < -0.39 is 0 Å². The fraction of sp³-hybridized carbons (Fsp3) is 0.667. The van der Waals surface area contributed by atoms with Crippen LogP contribution in [0.4, 0.5) is 5.69 Å². The van der Waals surface area contributed by atoms with E-state index in [1.54, 1.807) is 0 Å². The van der Waals surface area contributed by atoms with Gasteiger partial charge in [-0.15, -0.1) is 0 Å². The zero-order valence-corrected chi connectivity index (χ0v) is 13.8. The van der Waals surface area contributed by atoms with E-state index in [1.165, 1.54) is 44.6 Å². The van der Waals surface area contributed by atoms with Crippen molar-refractivity contribution in [2.75, 3.05) is 31.6 Å². The summed E-state index contributed by atoms with van der Waals surface area (Å²) in [5.41, 5.74) is 1.19. The first kappa shape index (κ1) is 16.2. The van der Waals surface area contributed by atoms with Gasteiger partial charge in [-0.25, -0.2) is 0 Å². The number of hydrogen-bond acceptors (Lipinski definition) is 3. The summed E-state index contributed by atoms with van der Waals surface area (Å²) in [4.78, 5) is 2.62. The van der Waals surface area contributed by atoms with E-state index in [4.69, 9.17) is 4.74 Å². The van der Waals surface area contributed by atoms with Crippen LogP contribution in [0.15, 0.2) is 24.3 Å². The van der Waals surface area contributed by atoms with Crippen molar-refractivity contribution in [2.24, 2.45) is 5.92 Å². The molecule has 0 radical (unpaired) electrons. The molecule has 2 atom stereocenters. The van der Waals surface area contributed by atoms with Gasteiger partial charge in [-0.1, -0.05) is 6.92 Å². The number of nitrogens with one attached hydrogen (secondary N) is 1. The van der Waals surface area contributed by atoms with Crippen molar-refractivity contribution in [2.45, 2.75) is 46.1 Å². The quantitative estimate of drug-likeness (QED) is 0.821. The van der Waals surface area contributed by atoms with Crippen molar-refractivity contribution in [3.05, 3.63) is 24.3 Å². The van der Waals surface area contributed by atoms with Crippen molar-refractivity contribution in [1.82, 2.24) is 4.90 Å². The van der Waals surface area contributed by atoms with Gasteiger partial charge in [0.15, 0.2) is 0 Å². The lowest BCUT2D eigenvalue weighted by atomic mass is 9.91. The summed E-state index contributed by atoms with van der Waals surface area (Å²) >= 11 is 0. The molecule has 0 saturated carbocycles. The normalized spacial score (nSPS) is 21.0. The molecule has 0 aliphatic carbocycles. The van der Waals surface area contributed by atoms with Crippen LogP contribution < -0.4 is 10.1 Å². The van der Waals surface area contributed by atoms with Crippen LogP contribution in [0.3, 0.4) is 0 Å². The van der Waals surface area contributed by atoms with Gasteiger partial charge in [0.25, 0.3) is 0 Å². The third-order valence-corrected chi connectivity index (χ3v) is 4.35. The number of rotatable bonds is 7. The number of nitrogens with zero attached hydrogens (tertiary/aromatic N) is 1. The third-order valence-electron chi connectivity index (χ3n) is 4.35.